The Morgan fingerprint density at radius 3 is 2.93 bits per heavy atom. The summed E-state index contributed by atoms with van der Waals surface area (Å²) in [6.07, 6.45) is 0. The zero-order valence-corrected chi connectivity index (χ0v) is 9.81. The van der Waals surface area contributed by atoms with Crippen LogP contribution in [0.1, 0.15) is 5.76 Å². The van der Waals surface area contributed by atoms with E-state index in [-0.39, 0.29) is 17.8 Å². The Labute approximate surface area is 97.1 Å². The van der Waals surface area contributed by atoms with Gasteiger partial charge in [0, 0.05) is 6.54 Å². The van der Waals surface area contributed by atoms with E-state index in [0.717, 1.165) is 0 Å². The molecule has 1 atom stereocenters. The molecule has 0 aliphatic rings. The van der Waals surface area contributed by atoms with Crippen LogP contribution in [0.4, 0.5) is 0 Å². The highest BCUT2D eigenvalue weighted by atomic mass is 35.5. The van der Waals surface area contributed by atoms with Crippen LogP contribution in [0.5, 0.6) is 0 Å². The summed E-state index contributed by atoms with van der Waals surface area (Å²) >= 11 is 6.98. The molecule has 0 spiro atoms. The summed E-state index contributed by atoms with van der Waals surface area (Å²) in [6, 6.07) is 3.42. The lowest BCUT2D eigenvalue weighted by molar-refractivity contribution is -0.139. The van der Waals surface area contributed by atoms with Crippen molar-refractivity contribution in [3.8, 4) is 0 Å². The van der Waals surface area contributed by atoms with E-state index in [0.29, 0.717) is 16.7 Å². The second kappa shape index (κ2) is 6.05. The average molecular weight is 250 g/mol. The second-order valence-corrected chi connectivity index (χ2v) is 4.33. The van der Waals surface area contributed by atoms with Gasteiger partial charge < -0.3 is 14.9 Å². The molecule has 0 saturated carbocycles. The number of hydrogen-bond acceptors (Lipinski definition) is 5. The number of carbonyl (C=O) groups excluding carboxylic acids is 1. The first-order chi connectivity index (χ1) is 7.17. The molecule has 0 saturated heterocycles. The van der Waals surface area contributed by atoms with Gasteiger partial charge in [-0.3, -0.25) is 4.79 Å². The molecule has 0 aromatic carbocycles. The maximum Gasteiger partial charge on any atom is 0.320 e. The van der Waals surface area contributed by atoms with Crippen molar-refractivity contribution in [3.63, 3.8) is 0 Å². The lowest BCUT2D eigenvalue weighted by Crippen LogP contribution is -2.27. The number of furan rings is 1. The van der Waals surface area contributed by atoms with E-state index in [1.807, 2.05) is 0 Å². The molecule has 2 N–H and O–H groups in total. The van der Waals surface area contributed by atoms with Crippen LogP contribution in [-0.4, -0.2) is 24.9 Å². The normalized spacial score (nSPS) is 12.5. The van der Waals surface area contributed by atoms with Crippen LogP contribution < -0.4 is 5.73 Å². The monoisotopic (exact) mass is 249 g/mol. The summed E-state index contributed by atoms with van der Waals surface area (Å²) in [4.78, 5) is 11.2. The van der Waals surface area contributed by atoms with E-state index >= 15 is 0 Å². The van der Waals surface area contributed by atoms with Gasteiger partial charge in [-0.2, -0.15) is 0 Å². The zero-order chi connectivity index (χ0) is 11.3. The van der Waals surface area contributed by atoms with Crippen molar-refractivity contribution in [1.29, 1.82) is 0 Å². The highest BCUT2D eigenvalue weighted by Crippen LogP contribution is 2.21. The molecule has 4 nitrogen and oxygen atoms in total. The molecule has 6 heteroatoms. The van der Waals surface area contributed by atoms with Crippen molar-refractivity contribution < 1.29 is 13.9 Å². The van der Waals surface area contributed by atoms with Crippen molar-refractivity contribution in [2.24, 2.45) is 5.73 Å². The second-order valence-electron chi connectivity index (χ2n) is 2.76. The van der Waals surface area contributed by atoms with Crippen LogP contribution in [0.2, 0.25) is 5.22 Å². The van der Waals surface area contributed by atoms with E-state index < -0.39 is 0 Å². The maximum absolute atomic E-state index is 11.2. The number of thioether (sulfide) groups is 1. The van der Waals surface area contributed by atoms with Crippen LogP contribution in [0.3, 0.4) is 0 Å². The SMILES string of the molecule is COC(=O)C(CN)SCc1ccc(Cl)o1. The standard InChI is InChI=1S/C9H12ClNO3S/c1-13-9(12)7(4-11)15-5-6-2-3-8(10)14-6/h2-3,7H,4-5,11H2,1H3. The molecule has 0 fully saturated rings. The van der Waals surface area contributed by atoms with Gasteiger partial charge in [0.1, 0.15) is 11.0 Å². The molecule has 1 rings (SSSR count). The van der Waals surface area contributed by atoms with Gasteiger partial charge in [-0.1, -0.05) is 0 Å². The molecule has 1 aromatic heterocycles. The Bertz CT molecular complexity index is 329. The number of methoxy groups -OCH3 is 1. The van der Waals surface area contributed by atoms with Gasteiger partial charge in [-0.15, -0.1) is 11.8 Å². The van der Waals surface area contributed by atoms with Crippen molar-refractivity contribution in [3.05, 3.63) is 23.1 Å². The summed E-state index contributed by atoms with van der Waals surface area (Å²) in [5, 5.41) is -0.0214. The molecule has 1 unspecified atom stereocenters. The number of nitrogens with two attached hydrogens (primary N) is 1. The predicted octanol–water partition coefficient (Wildman–Crippen LogP) is 1.67. The van der Waals surface area contributed by atoms with Gasteiger partial charge in [0.15, 0.2) is 5.22 Å². The van der Waals surface area contributed by atoms with Crippen molar-refractivity contribution in [2.45, 2.75) is 11.0 Å². The molecule has 84 valence electrons. The minimum atomic E-state index is -0.362. The van der Waals surface area contributed by atoms with Gasteiger partial charge >= 0.3 is 5.97 Å². The van der Waals surface area contributed by atoms with Crippen LogP contribution in [-0.2, 0) is 15.3 Å². The molecule has 0 aliphatic carbocycles. The molecule has 15 heavy (non-hydrogen) atoms. The number of halogens is 1. The number of carbonyl (C=O) groups is 1. The lowest BCUT2D eigenvalue weighted by Gasteiger charge is -2.10. The highest BCUT2D eigenvalue weighted by Gasteiger charge is 2.18. The molecule has 0 bridgehead atoms. The zero-order valence-electron chi connectivity index (χ0n) is 8.23. The highest BCUT2D eigenvalue weighted by molar-refractivity contribution is 7.99. The van der Waals surface area contributed by atoms with E-state index in [9.17, 15) is 4.79 Å². The van der Waals surface area contributed by atoms with Crippen LogP contribution in [0.25, 0.3) is 0 Å². The van der Waals surface area contributed by atoms with E-state index in [1.165, 1.54) is 18.9 Å². The fraction of sp³-hybridized carbons (Fsp3) is 0.444. The fourth-order valence-electron chi connectivity index (χ4n) is 0.976. The summed E-state index contributed by atoms with van der Waals surface area (Å²) in [5.41, 5.74) is 5.44. The summed E-state index contributed by atoms with van der Waals surface area (Å²) in [7, 11) is 1.34. The molecular formula is C9H12ClNO3S. The first kappa shape index (κ1) is 12.4. The van der Waals surface area contributed by atoms with Gasteiger partial charge in [-0.05, 0) is 23.7 Å². The van der Waals surface area contributed by atoms with Crippen molar-refractivity contribution >= 4 is 29.3 Å². The van der Waals surface area contributed by atoms with Crippen molar-refractivity contribution in [2.75, 3.05) is 13.7 Å². The Kier molecular flexibility index (Phi) is 5.01. The fourth-order valence-corrected chi connectivity index (χ4v) is 2.03. The summed E-state index contributed by atoms with van der Waals surface area (Å²) in [6.45, 7) is 0.242. The summed E-state index contributed by atoms with van der Waals surface area (Å²) < 4.78 is 9.74. The Morgan fingerprint density at radius 2 is 2.47 bits per heavy atom. The van der Waals surface area contributed by atoms with E-state index in [4.69, 9.17) is 21.8 Å². The number of rotatable bonds is 5. The third-order valence-electron chi connectivity index (χ3n) is 1.73. The molecule has 0 amide bonds. The first-order valence-electron chi connectivity index (χ1n) is 4.31. The third-order valence-corrected chi connectivity index (χ3v) is 3.18. The van der Waals surface area contributed by atoms with Gasteiger partial charge in [0.25, 0.3) is 0 Å². The molecule has 0 aliphatic heterocycles. The van der Waals surface area contributed by atoms with Crippen LogP contribution in [0, 0.1) is 0 Å². The van der Waals surface area contributed by atoms with Crippen LogP contribution in [0.15, 0.2) is 16.5 Å². The number of esters is 1. The quantitative estimate of drug-likeness (QED) is 0.804. The minimum Gasteiger partial charge on any atom is -0.468 e. The Morgan fingerprint density at radius 1 is 1.73 bits per heavy atom. The maximum atomic E-state index is 11.2. The largest absolute Gasteiger partial charge is 0.468 e. The molecular weight excluding hydrogens is 238 g/mol. The third kappa shape index (κ3) is 3.77. The van der Waals surface area contributed by atoms with Gasteiger partial charge in [0.2, 0.25) is 0 Å². The van der Waals surface area contributed by atoms with Crippen molar-refractivity contribution in [1.82, 2.24) is 0 Å². The van der Waals surface area contributed by atoms with Gasteiger partial charge in [0.05, 0.1) is 12.9 Å². The Hall–Kier alpha value is -0.650. The smallest absolute Gasteiger partial charge is 0.320 e. The molecule has 1 heterocycles. The topological polar surface area (TPSA) is 65.5 Å². The Balaban J connectivity index is 2.44. The molecule has 1 aromatic rings. The van der Waals surface area contributed by atoms with Gasteiger partial charge in [-0.25, -0.2) is 0 Å². The predicted molar refractivity (Wildman–Crippen MR) is 59.9 cm³/mol. The summed E-state index contributed by atoms with van der Waals surface area (Å²) in [5.74, 6) is 0.941. The first-order valence-corrected chi connectivity index (χ1v) is 5.73. The molecule has 0 radical (unpaired) electrons. The minimum absolute atomic E-state index is 0.242. The van der Waals surface area contributed by atoms with Crippen LogP contribution >= 0.6 is 23.4 Å². The number of ether oxygens (including phenoxy) is 1. The number of hydrogen-bond donors (Lipinski definition) is 1. The van der Waals surface area contributed by atoms with E-state index in [1.54, 1.807) is 12.1 Å². The average Bonchev–Trinajstić information content (AvgIpc) is 2.64. The van der Waals surface area contributed by atoms with E-state index in [2.05, 4.69) is 4.74 Å². The lowest BCUT2D eigenvalue weighted by atomic mass is 10.4.